The van der Waals surface area contributed by atoms with Gasteiger partial charge in [0.2, 0.25) is 12.3 Å². The molecule has 2 atom stereocenters. The number of methoxy groups -OCH3 is 1. The standard InChI is InChI=1S/C25H22ClN3O3/c1-16-7-9-18(10-8-16)24(30)27-22-23(17-11-13-20(26)14-12-17)29(28-25(22)31)15-19-5-3-4-6-21(19)32-2/h3-15,22-23H,1-2H3,(H-,27,28,30,31)/p+1/b29-15-/t22-,23+/m0/s1. The summed E-state index contributed by atoms with van der Waals surface area (Å²) in [6, 6.07) is 20.6. The molecule has 1 saturated heterocycles. The molecule has 3 aromatic rings. The summed E-state index contributed by atoms with van der Waals surface area (Å²) >= 11 is 6.08. The number of ether oxygens (including phenoxy) is 1. The topological polar surface area (TPSA) is 70.4 Å². The van der Waals surface area contributed by atoms with E-state index in [2.05, 4.69) is 10.7 Å². The second-order valence-corrected chi connectivity index (χ2v) is 8.00. The first-order valence-corrected chi connectivity index (χ1v) is 10.5. The Morgan fingerprint density at radius 3 is 2.44 bits per heavy atom. The van der Waals surface area contributed by atoms with Gasteiger partial charge in [-0.3, -0.25) is 9.59 Å². The summed E-state index contributed by atoms with van der Waals surface area (Å²) in [6.45, 7) is 1.95. The monoisotopic (exact) mass is 448 g/mol. The number of para-hydroxylation sites is 1. The maximum absolute atomic E-state index is 13.0. The van der Waals surface area contributed by atoms with Crippen LogP contribution in [0, 0.1) is 6.92 Å². The zero-order valence-electron chi connectivity index (χ0n) is 17.7. The molecule has 4 rings (SSSR count). The zero-order chi connectivity index (χ0) is 22.7. The van der Waals surface area contributed by atoms with Crippen LogP contribution in [0.5, 0.6) is 5.75 Å². The Balaban J connectivity index is 1.72. The molecule has 1 heterocycles. The van der Waals surface area contributed by atoms with Crippen LogP contribution in [0.2, 0.25) is 5.02 Å². The minimum atomic E-state index is -0.809. The quantitative estimate of drug-likeness (QED) is 0.585. The van der Waals surface area contributed by atoms with E-state index in [4.69, 9.17) is 16.3 Å². The van der Waals surface area contributed by atoms with Crippen molar-refractivity contribution in [3.63, 3.8) is 0 Å². The Morgan fingerprint density at radius 1 is 1.06 bits per heavy atom. The number of carbonyl (C=O) groups is 2. The van der Waals surface area contributed by atoms with Crippen molar-refractivity contribution in [2.45, 2.75) is 19.0 Å². The van der Waals surface area contributed by atoms with Crippen LogP contribution in [0.1, 0.15) is 33.1 Å². The number of nitrogens with zero attached hydrogens (tertiary/aromatic N) is 1. The van der Waals surface area contributed by atoms with Crippen LogP contribution < -0.4 is 15.5 Å². The number of rotatable bonds is 5. The van der Waals surface area contributed by atoms with E-state index in [1.54, 1.807) is 42.3 Å². The number of hydrogen-bond acceptors (Lipinski definition) is 3. The van der Waals surface area contributed by atoms with Gasteiger partial charge in [0.25, 0.3) is 5.91 Å². The molecule has 0 radical (unpaired) electrons. The summed E-state index contributed by atoms with van der Waals surface area (Å²) < 4.78 is 7.14. The Morgan fingerprint density at radius 2 is 1.75 bits per heavy atom. The summed E-state index contributed by atoms with van der Waals surface area (Å²) in [6.07, 6.45) is 1.80. The molecule has 0 unspecified atom stereocenters. The van der Waals surface area contributed by atoms with E-state index in [1.165, 1.54) is 0 Å². The van der Waals surface area contributed by atoms with Gasteiger partial charge in [-0.2, -0.15) is 0 Å². The molecule has 1 fully saturated rings. The van der Waals surface area contributed by atoms with Gasteiger partial charge in [-0.15, -0.1) is 10.1 Å². The minimum Gasteiger partial charge on any atom is -0.496 e. The highest BCUT2D eigenvalue weighted by Gasteiger charge is 2.47. The summed E-state index contributed by atoms with van der Waals surface area (Å²) in [5.74, 6) is 0.0450. The van der Waals surface area contributed by atoms with E-state index >= 15 is 0 Å². The molecule has 7 heteroatoms. The van der Waals surface area contributed by atoms with Gasteiger partial charge in [-0.1, -0.05) is 53.6 Å². The van der Waals surface area contributed by atoms with Gasteiger partial charge in [0.1, 0.15) is 5.75 Å². The number of carbonyl (C=O) groups excluding carboxylic acids is 2. The van der Waals surface area contributed by atoms with Gasteiger partial charge in [-0.25, -0.2) is 0 Å². The van der Waals surface area contributed by atoms with Crippen LogP contribution in [0.15, 0.2) is 72.8 Å². The average Bonchev–Trinajstić information content (AvgIpc) is 3.09. The first-order valence-electron chi connectivity index (χ1n) is 10.2. The van der Waals surface area contributed by atoms with Crippen LogP contribution in [0.3, 0.4) is 0 Å². The molecule has 0 aliphatic carbocycles. The number of halogens is 1. The normalized spacial score (nSPS) is 19.0. The molecule has 162 valence electrons. The summed E-state index contributed by atoms with van der Waals surface area (Å²) in [7, 11) is 1.59. The van der Waals surface area contributed by atoms with E-state index < -0.39 is 12.1 Å². The number of benzene rings is 3. The Hall–Kier alpha value is -3.64. The Labute approximate surface area is 191 Å². The van der Waals surface area contributed by atoms with Crippen LogP contribution in [-0.2, 0) is 4.79 Å². The number of hydrazine groups is 1. The third-order valence-corrected chi connectivity index (χ3v) is 5.62. The van der Waals surface area contributed by atoms with Gasteiger partial charge in [0, 0.05) is 16.1 Å². The lowest BCUT2D eigenvalue weighted by Crippen LogP contribution is -2.42. The molecule has 32 heavy (non-hydrogen) atoms. The molecular formula is C25H23ClN3O3+. The van der Waals surface area contributed by atoms with E-state index in [0.717, 1.165) is 16.7 Å². The van der Waals surface area contributed by atoms with E-state index in [0.29, 0.717) is 16.3 Å². The maximum atomic E-state index is 13.0. The zero-order valence-corrected chi connectivity index (χ0v) is 18.5. The average molecular weight is 449 g/mol. The summed E-state index contributed by atoms with van der Waals surface area (Å²) in [5.41, 5.74) is 6.03. The van der Waals surface area contributed by atoms with Crippen molar-refractivity contribution in [3.05, 3.63) is 100 Å². The van der Waals surface area contributed by atoms with E-state index in [9.17, 15) is 9.59 Å². The predicted molar refractivity (Wildman–Crippen MR) is 123 cm³/mol. The van der Waals surface area contributed by atoms with Gasteiger partial charge in [0.05, 0.1) is 12.7 Å². The molecule has 2 amide bonds. The Bertz CT molecular complexity index is 1170. The fourth-order valence-corrected chi connectivity index (χ4v) is 3.82. The van der Waals surface area contributed by atoms with Crippen LogP contribution in [-0.4, -0.2) is 35.9 Å². The van der Waals surface area contributed by atoms with Crippen molar-refractivity contribution in [1.29, 1.82) is 0 Å². The predicted octanol–water partition coefficient (Wildman–Crippen LogP) is 3.67. The molecule has 6 nitrogen and oxygen atoms in total. The van der Waals surface area contributed by atoms with Gasteiger partial charge in [-0.05, 0) is 43.3 Å². The van der Waals surface area contributed by atoms with Crippen molar-refractivity contribution in [2.24, 2.45) is 0 Å². The van der Waals surface area contributed by atoms with Crippen LogP contribution in [0.25, 0.3) is 0 Å². The fourth-order valence-electron chi connectivity index (χ4n) is 3.69. The number of hydrazone groups is 1. The van der Waals surface area contributed by atoms with Gasteiger partial charge >= 0.3 is 5.91 Å². The summed E-state index contributed by atoms with van der Waals surface area (Å²) in [5, 5.41) is 3.48. The van der Waals surface area contributed by atoms with Crippen LogP contribution >= 0.6 is 11.6 Å². The number of aryl methyl sites for hydroxylation is 1. The number of amides is 2. The van der Waals surface area contributed by atoms with E-state index in [1.807, 2.05) is 55.5 Å². The molecule has 0 bridgehead atoms. The van der Waals surface area contributed by atoms with Crippen molar-refractivity contribution in [1.82, 2.24) is 10.7 Å². The molecule has 0 saturated carbocycles. The Kier molecular flexibility index (Phi) is 6.23. The third-order valence-electron chi connectivity index (χ3n) is 5.37. The molecule has 1 aliphatic rings. The highest BCUT2D eigenvalue weighted by Crippen LogP contribution is 2.27. The number of nitrogens with one attached hydrogen (secondary N) is 2. The first-order chi connectivity index (χ1) is 15.5. The molecule has 0 spiro atoms. The third kappa shape index (κ3) is 4.50. The van der Waals surface area contributed by atoms with Crippen molar-refractivity contribution < 1.29 is 19.0 Å². The van der Waals surface area contributed by atoms with Crippen molar-refractivity contribution >= 4 is 29.6 Å². The van der Waals surface area contributed by atoms with E-state index in [-0.39, 0.29) is 11.8 Å². The summed E-state index contributed by atoms with van der Waals surface area (Å²) in [4.78, 5) is 25.8. The molecule has 2 N–H and O–H groups in total. The minimum absolute atomic E-state index is 0.309. The molecule has 3 aromatic carbocycles. The second-order valence-electron chi connectivity index (χ2n) is 7.57. The lowest BCUT2D eigenvalue weighted by Gasteiger charge is -2.15. The van der Waals surface area contributed by atoms with Crippen molar-refractivity contribution in [3.8, 4) is 5.75 Å². The lowest BCUT2D eigenvalue weighted by molar-refractivity contribution is -0.596. The van der Waals surface area contributed by atoms with Gasteiger partial charge in [0.15, 0.2) is 6.04 Å². The van der Waals surface area contributed by atoms with Gasteiger partial charge < -0.3 is 10.1 Å². The highest BCUT2D eigenvalue weighted by molar-refractivity contribution is 6.30. The molecular weight excluding hydrogens is 426 g/mol. The maximum Gasteiger partial charge on any atom is 0.304 e. The highest BCUT2D eigenvalue weighted by atomic mass is 35.5. The largest absolute Gasteiger partial charge is 0.496 e. The first kappa shape index (κ1) is 21.6. The molecule has 1 aliphatic heterocycles. The van der Waals surface area contributed by atoms with Crippen LogP contribution in [0.4, 0.5) is 0 Å². The fraction of sp³-hybridized carbons (Fsp3) is 0.160. The lowest BCUT2D eigenvalue weighted by atomic mass is 9.99. The smallest absolute Gasteiger partial charge is 0.304 e. The number of hydrogen-bond donors (Lipinski definition) is 2. The van der Waals surface area contributed by atoms with Crippen molar-refractivity contribution in [2.75, 3.05) is 7.11 Å². The molecule has 0 aromatic heterocycles. The second kappa shape index (κ2) is 9.24. The SMILES string of the molecule is COc1ccccc1/C=[N+]1\NC(=O)[C@@H](NC(=O)c2ccc(C)cc2)[C@H]1c1ccc(Cl)cc1.